The van der Waals surface area contributed by atoms with Crippen molar-refractivity contribution < 1.29 is 23.9 Å². The van der Waals surface area contributed by atoms with Crippen LogP contribution < -0.4 is 16.0 Å². The molecule has 1 aliphatic rings. The summed E-state index contributed by atoms with van der Waals surface area (Å²) < 4.78 is 5.13. The highest BCUT2D eigenvalue weighted by molar-refractivity contribution is 5.93. The minimum Gasteiger partial charge on any atom is -0.466 e. The van der Waals surface area contributed by atoms with Crippen LogP contribution in [0.3, 0.4) is 0 Å². The van der Waals surface area contributed by atoms with Crippen molar-refractivity contribution in [3.05, 3.63) is 24.3 Å². The fourth-order valence-electron chi connectivity index (χ4n) is 2.92. The molecule has 0 radical (unpaired) electrons. The summed E-state index contributed by atoms with van der Waals surface area (Å²) in [5, 5.41) is 8.36. The Hall–Kier alpha value is -3.10. The third-order valence-corrected chi connectivity index (χ3v) is 4.42. The van der Waals surface area contributed by atoms with E-state index in [4.69, 9.17) is 4.74 Å². The molecule has 9 nitrogen and oxygen atoms in total. The Morgan fingerprint density at radius 3 is 2.55 bits per heavy atom. The van der Waals surface area contributed by atoms with Crippen molar-refractivity contribution in [2.75, 3.05) is 36.9 Å². The van der Waals surface area contributed by atoms with Crippen molar-refractivity contribution >= 4 is 35.1 Å². The van der Waals surface area contributed by atoms with Crippen molar-refractivity contribution in [2.24, 2.45) is 0 Å². The van der Waals surface area contributed by atoms with Crippen LogP contribution in [0.25, 0.3) is 0 Å². The molecule has 9 heteroatoms. The van der Waals surface area contributed by atoms with E-state index in [1.807, 2.05) is 6.92 Å². The van der Waals surface area contributed by atoms with Crippen LogP contribution in [0.15, 0.2) is 24.3 Å². The molecule has 1 aliphatic heterocycles. The molecule has 3 amide bonds. The van der Waals surface area contributed by atoms with Gasteiger partial charge in [0.2, 0.25) is 17.7 Å². The van der Waals surface area contributed by atoms with Crippen LogP contribution in [0.5, 0.6) is 0 Å². The summed E-state index contributed by atoms with van der Waals surface area (Å²) >= 11 is 0. The molecule has 0 bridgehead atoms. The van der Waals surface area contributed by atoms with E-state index in [9.17, 15) is 19.2 Å². The summed E-state index contributed by atoms with van der Waals surface area (Å²) in [4.78, 5) is 49.3. The maximum atomic E-state index is 12.7. The second kappa shape index (κ2) is 11.0. The molecule has 29 heavy (non-hydrogen) atoms. The van der Waals surface area contributed by atoms with E-state index in [0.29, 0.717) is 31.1 Å². The van der Waals surface area contributed by atoms with E-state index >= 15 is 0 Å². The Morgan fingerprint density at radius 1 is 1.21 bits per heavy atom. The van der Waals surface area contributed by atoms with Crippen molar-refractivity contribution in [3.63, 3.8) is 0 Å². The number of esters is 1. The highest BCUT2D eigenvalue weighted by atomic mass is 16.5. The Labute approximate surface area is 170 Å². The first-order chi connectivity index (χ1) is 13.9. The first kappa shape index (κ1) is 22.2. The Bertz CT molecular complexity index is 735. The molecule has 0 saturated carbocycles. The van der Waals surface area contributed by atoms with Crippen LogP contribution in [0, 0.1) is 0 Å². The first-order valence-electron chi connectivity index (χ1n) is 9.75. The number of benzene rings is 1. The van der Waals surface area contributed by atoms with Gasteiger partial charge < -0.3 is 25.6 Å². The molecule has 1 fully saturated rings. The number of hydrogen-bond acceptors (Lipinski definition) is 6. The molecular formula is C20H28N4O5. The van der Waals surface area contributed by atoms with Gasteiger partial charge in [0, 0.05) is 31.4 Å². The molecule has 0 aromatic heterocycles. The van der Waals surface area contributed by atoms with Crippen LogP contribution in [0.1, 0.15) is 33.1 Å². The van der Waals surface area contributed by atoms with Gasteiger partial charge in [-0.2, -0.15) is 0 Å². The largest absolute Gasteiger partial charge is 0.466 e. The summed E-state index contributed by atoms with van der Waals surface area (Å²) in [5.41, 5.74) is 1.35. The lowest BCUT2D eigenvalue weighted by Crippen LogP contribution is -2.58. The highest BCUT2D eigenvalue weighted by Gasteiger charge is 2.34. The number of hydrogen-bond donors (Lipinski definition) is 3. The molecule has 2 rings (SSSR count). The van der Waals surface area contributed by atoms with E-state index in [1.165, 1.54) is 11.8 Å². The molecule has 3 N–H and O–H groups in total. The number of anilines is 2. The molecule has 158 valence electrons. The van der Waals surface area contributed by atoms with Crippen LogP contribution >= 0.6 is 0 Å². The van der Waals surface area contributed by atoms with Gasteiger partial charge in [-0.25, -0.2) is 0 Å². The number of amides is 3. The normalized spacial score (nSPS) is 16.0. The summed E-state index contributed by atoms with van der Waals surface area (Å²) in [5.74, 6) is -1.28. The van der Waals surface area contributed by atoms with Crippen LogP contribution in [-0.4, -0.2) is 60.9 Å². The van der Waals surface area contributed by atoms with Gasteiger partial charge in [0.05, 0.1) is 19.6 Å². The van der Waals surface area contributed by atoms with Crippen LogP contribution in [0.2, 0.25) is 0 Å². The molecule has 1 atom stereocenters. The average molecular weight is 404 g/mol. The standard InChI is InChI=1S/C20H28N4O5/c1-3-4-11-29-19(27)12-17-20(28)21-9-10-24(17)18(26)13-22-15-5-7-16(8-6-15)23-14(2)25/h5-8,17,22H,3-4,9-13H2,1-2H3,(H,21,28)(H,23,25). The van der Waals surface area contributed by atoms with Gasteiger partial charge >= 0.3 is 5.97 Å². The number of rotatable bonds is 9. The second-order valence-corrected chi connectivity index (χ2v) is 6.78. The summed E-state index contributed by atoms with van der Waals surface area (Å²) in [7, 11) is 0. The molecule has 1 aromatic carbocycles. The highest BCUT2D eigenvalue weighted by Crippen LogP contribution is 2.15. The predicted octanol–water partition coefficient (Wildman–Crippen LogP) is 1.12. The number of carbonyl (C=O) groups excluding carboxylic acids is 4. The molecule has 0 aliphatic carbocycles. The topological polar surface area (TPSA) is 117 Å². The molecule has 1 heterocycles. The molecule has 1 unspecified atom stereocenters. The van der Waals surface area contributed by atoms with Gasteiger partial charge in [0.25, 0.3) is 0 Å². The smallest absolute Gasteiger partial charge is 0.308 e. The van der Waals surface area contributed by atoms with Crippen molar-refractivity contribution in [2.45, 2.75) is 39.2 Å². The molecular weight excluding hydrogens is 376 g/mol. The van der Waals surface area contributed by atoms with Gasteiger partial charge in [-0.1, -0.05) is 13.3 Å². The van der Waals surface area contributed by atoms with Gasteiger partial charge in [-0.05, 0) is 30.7 Å². The molecule has 1 saturated heterocycles. The number of carbonyl (C=O) groups is 4. The third-order valence-electron chi connectivity index (χ3n) is 4.42. The number of nitrogens with one attached hydrogen (secondary N) is 3. The van der Waals surface area contributed by atoms with Crippen LogP contribution in [0.4, 0.5) is 11.4 Å². The van der Waals surface area contributed by atoms with Crippen LogP contribution in [-0.2, 0) is 23.9 Å². The number of piperazine rings is 1. The van der Waals surface area contributed by atoms with E-state index in [1.54, 1.807) is 24.3 Å². The minimum absolute atomic E-state index is 0.0197. The van der Waals surface area contributed by atoms with Crippen molar-refractivity contribution in [1.29, 1.82) is 0 Å². The van der Waals surface area contributed by atoms with Gasteiger partial charge in [0.15, 0.2) is 0 Å². The lowest BCUT2D eigenvalue weighted by atomic mass is 10.1. The Balaban J connectivity index is 1.91. The maximum absolute atomic E-state index is 12.7. The van der Waals surface area contributed by atoms with E-state index < -0.39 is 12.0 Å². The number of unbranched alkanes of at least 4 members (excludes halogenated alkanes) is 1. The molecule has 0 spiro atoms. The fourth-order valence-corrected chi connectivity index (χ4v) is 2.92. The zero-order valence-electron chi connectivity index (χ0n) is 16.8. The van der Waals surface area contributed by atoms with Crippen molar-refractivity contribution in [3.8, 4) is 0 Å². The third kappa shape index (κ3) is 7.10. The number of ether oxygens (including phenoxy) is 1. The summed E-state index contributed by atoms with van der Waals surface area (Å²) in [6.07, 6.45) is 1.50. The minimum atomic E-state index is -0.866. The second-order valence-electron chi connectivity index (χ2n) is 6.78. The van der Waals surface area contributed by atoms with E-state index in [2.05, 4.69) is 16.0 Å². The quantitative estimate of drug-likeness (QED) is 0.419. The predicted molar refractivity (Wildman–Crippen MR) is 108 cm³/mol. The van der Waals surface area contributed by atoms with Gasteiger partial charge in [-0.15, -0.1) is 0 Å². The van der Waals surface area contributed by atoms with Gasteiger partial charge in [-0.3, -0.25) is 19.2 Å². The van der Waals surface area contributed by atoms with Crippen molar-refractivity contribution in [1.82, 2.24) is 10.2 Å². The molecule has 1 aromatic rings. The zero-order chi connectivity index (χ0) is 21.2. The Morgan fingerprint density at radius 2 is 1.90 bits per heavy atom. The monoisotopic (exact) mass is 404 g/mol. The fraction of sp³-hybridized carbons (Fsp3) is 0.500. The summed E-state index contributed by atoms with van der Waals surface area (Å²) in [6, 6.07) is 6.05. The SMILES string of the molecule is CCCCOC(=O)CC1C(=O)NCCN1C(=O)CNc1ccc(NC(C)=O)cc1. The maximum Gasteiger partial charge on any atom is 0.308 e. The van der Waals surface area contributed by atoms with E-state index in [-0.39, 0.29) is 30.7 Å². The lowest BCUT2D eigenvalue weighted by Gasteiger charge is -2.34. The Kier molecular flexibility index (Phi) is 8.45. The number of nitrogens with zero attached hydrogens (tertiary/aromatic N) is 1. The van der Waals surface area contributed by atoms with E-state index in [0.717, 1.165) is 12.8 Å². The average Bonchev–Trinajstić information content (AvgIpc) is 2.68. The van der Waals surface area contributed by atoms with Gasteiger partial charge in [0.1, 0.15) is 6.04 Å². The summed E-state index contributed by atoms with van der Waals surface area (Å²) in [6.45, 7) is 4.39. The first-order valence-corrected chi connectivity index (χ1v) is 9.75. The zero-order valence-corrected chi connectivity index (χ0v) is 16.8. The lowest BCUT2D eigenvalue weighted by molar-refractivity contribution is -0.151.